The molecule has 0 aromatic heterocycles. The molecule has 2 aromatic carbocycles. The van der Waals surface area contributed by atoms with Gasteiger partial charge in [0.15, 0.2) is 0 Å². The van der Waals surface area contributed by atoms with E-state index < -0.39 is 12.7 Å². The second-order valence-corrected chi connectivity index (χ2v) is 5.27. The predicted octanol–water partition coefficient (Wildman–Crippen LogP) is 4.29. The molecule has 2 rings (SSSR count). The van der Waals surface area contributed by atoms with Gasteiger partial charge >= 0.3 is 6.61 Å². The van der Waals surface area contributed by atoms with E-state index in [0.29, 0.717) is 12.0 Å². The molecule has 0 amide bonds. The first-order chi connectivity index (χ1) is 9.56. The van der Waals surface area contributed by atoms with E-state index in [9.17, 15) is 8.78 Å². The molecule has 0 spiro atoms. The normalized spacial score (nSPS) is 12.4. The Morgan fingerprint density at radius 1 is 1.10 bits per heavy atom. The molecule has 1 unspecified atom stereocenters. The minimum absolute atomic E-state index is 0.130. The Balaban J connectivity index is 2.18. The number of hydrogen-bond acceptors (Lipinski definition) is 2. The van der Waals surface area contributed by atoms with Crippen LogP contribution in [0.4, 0.5) is 8.78 Å². The van der Waals surface area contributed by atoms with Crippen molar-refractivity contribution >= 4 is 15.9 Å². The van der Waals surface area contributed by atoms with Crippen LogP contribution in [0.15, 0.2) is 53.0 Å². The van der Waals surface area contributed by atoms with Crippen LogP contribution in [0, 0.1) is 0 Å². The molecule has 0 aliphatic heterocycles. The van der Waals surface area contributed by atoms with Crippen molar-refractivity contribution in [3.8, 4) is 5.75 Å². The third-order valence-corrected chi connectivity index (χ3v) is 3.37. The SMILES string of the molecule is NC(Cc1cccc(Br)c1)c1ccccc1OC(F)F. The average Bonchev–Trinajstić information content (AvgIpc) is 2.38. The minimum atomic E-state index is -2.85. The van der Waals surface area contributed by atoms with E-state index in [1.165, 1.54) is 6.07 Å². The summed E-state index contributed by atoms with van der Waals surface area (Å²) < 4.78 is 30.2. The molecule has 0 saturated heterocycles. The van der Waals surface area contributed by atoms with Gasteiger partial charge in [-0.1, -0.05) is 46.3 Å². The van der Waals surface area contributed by atoms with Crippen molar-refractivity contribution in [2.24, 2.45) is 5.73 Å². The molecule has 106 valence electrons. The van der Waals surface area contributed by atoms with Crippen LogP contribution in [0.5, 0.6) is 5.75 Å². The lowest BCUT2D eigenvalue weighted by molar-refractivity contribution is -0.0506. The quantitative estimate of drug-likeness (QED) is 0.880. The minimum Gasteiger partial charge on any atom is -0.434 e. The van der Waals surface area contributed by atoms with Gasteiger partial charge in [0.2, 0.25) is 0 Å². The van der Waals surface area contributed by atoms with Gasteiger partial charge in [-0.3, -0.25) is 0 Å². The van der Waals surface area contributed by atoms with Gasteiger partial charge in [-0.05, 0) is 30.2 Å². The Morgan fingerprint density at radius 3 is 2.55 bits per heavy atom. The number of nitrogens with two attached hydrogens (primary N) is 1. The summed E-state index contributed by atoms with van der Waals surface area (Å²) >= 11 is 3.39. The van der Waals surface area contributed by atoms with Gasteiger partial charge in [0.1, 0.15) is 5.75 Å². The highest BCUT2D eigenvalue weighted by atomic mass is 79.9. The molecule has 2 aromatic rings. The zero-order valence-corrected chi connectivity index (χ0v) is 12.2. The topological polar surface area (TPSA) is 35.2 Å². The van der Waals surface area contributed by atoms with Crippen molar-refractivity contribution in [2.75, 3.05) is 0 Å². The summed E-state index contributed by atoms with van der Waals surface area (Å²) in [6, 6.07) is 13.9. The summed E-state index contributed by atoms with van der Waals surface area (Å²) in [5.74, 6) is 0.130. The van der Waals surface area contributed by atoms with Crippen molar-refractivity contribution in [3.05, 3.63) is 64.1 Å². The average molecular weight is 342 g/mol. The van der Waals surface area contributed by atoms with Crippen molar-refractivity contribution in [3.63, 3.8) is 0 Å². The maximum Gasteiger partial charge on any atom is 0.387 e. The number of para-hydroxylation sites is 1. The highest BCUT2D eigenvalue weighted by Crippen LogP contribution is 2.27. The molecular weight excluding hydrogens is 328 g/mol. The van der Waals surface area contributed by atoms with Crippen LogP contribution < -0.4 is 10.5 Å². The summed E-state index contributed by atoms with van der Waals surface area (Å²) in [7, 11) is 0. The van der Waals surface area contributed by atoms with Crippen LogP contribution in [0.2, 0.25) is 0 Å². The van der Waals surface area contributed by atoms with Gasteiger partial charge in [0, 0.05) is 16.1 Å². The van der Waals surface area contributed by atoms with Crippen LogP contribution in [-0.2, 0) is 6.42 Å². The fourth-order valence-electron chi connectivity index (χ4n) is 2.02. The maximum atomic E-state index is 12.4. The standard InChI is InChI=1S/C15H14BrF2NO/c16-11-5-3-4-10(8-11)9-13(19)12-6-1-2-7-14(12)20-15(17)18/h1-8,13,15H,9,19H2. The number of hydrogen-bond donors (Lipinski definition) is 1. The molecule has 5 heteroatoms. The van der Waals surface area contributed by atoms with E-state index >= 15 is 0 Å². The highest BCUT2D eigenvalue weighted by molar-refractivity contribution is 9.10. The van der Waals surface area contributed by atoms with Crippen LogP contribution >= 0.6 is 15.9 Å². The molecule has 0 saturated carbocycles. The second kappa shape index (κ2) is 6.81. The first kappa shape index (κ1) is 14.9. The van der Waals surface area contributed by atoms with Gasteiger partial charge in [0.05, 0.1) is 0 Å². The monoisotopic (exact) mass is 341 g/mol. The van der Waals surface area contributed by atoms with E-state index in [2.05, 4.69) is 20.7 Å². The zero-order valence-electron chi connectivity index (χ0n) is 10.6. The largest absolute Gasteiger partial charge is 0.434 e. The second-order valence-electron chi connectivity index (χ2n) is 4.36. The molecule has 20 heavy (non-hydrogen) atoms. The predicted molar refractivity (Wildman–Crippen MR) is 77.8 cm³/mol. The van der Waals surface area contributed by atoms with E-state index in [-0.39, 0.29) is 5.75 Å². The van der Waals surface area contributed by atoms with Crippen LogP contribution in [0.3, 0.4) is 0 Å². The Labute approximate surface area is 124 Å². The zero-order chi connectivity index (χ0) is 14.5. The highest BCUT2D eigenvalue weighted by Gasteiger charge is 2.15. The fraction of sp³-hybridized carbons (Fsp3) is 0.200. The van der Waals surface area contributed by atoms with E-state index in [1.807, 2.05) is 24.3 Å². The van der Waals surface area contributed by atoms with E-state index in [4.69, 9.17) is 5.73 Å². The van der Waals surface area contributed by atoms with Crippen LogP contribution in [0.1, 0.15) is 17.2 Å². The van der Waals surface area contributed by atoms with Crippen molar-refractivity contribution in [2.45, 2.75) is 19.1 Å². The molecule has 0 heterocycles. The fourth-order valence-corrected chi connectivity index (χ4v) is 2.46. The summed E-state index contributed by atoms with van der Waals surface area (Å²) in [4.78, 5) is 0. The molecule has 0 radical (unpaired) electrons. The third-order valence-electron chi connectivity index (χ3n) is 2.88. The molecule has 2 N–H and O–H groups in total. The Morgan fingerprint density at radius 2 is 1.85 bits per heavy atom. The van der Waals surface area contributed by atoms with Gasteiger partial charge in [-0.15, -0.1) is 0 Å². The molecule has 0 aliphatic rings. The number of rotatable bonds is 5. The Hall–Kier alpha value is -1.46. The molecule has 2 nitrogen and oxygen atoms in total. The van der Waals surface area contributed by atoms with Gasteiger partial charge in [-0.25, -0.2) is 0 Å². The van der Waals surface area contributed by atoms with E-state index in [0.717, 1.165) is 10.0 Å². The van der Waals surface area contributed by atoms with Crippen molar-refractivity contribution < 1.29 is 13.5 Å². The lowest BCUT2D eigenvalue weighted by Crippen LogP contribution is -2.16. The number of halogens is 3. The third kappa shape index (κ3) is 4.02. The van der Waals surface area contributed by atoms with Gasteiger partial charge < -0.3 is 10.5 Å². The number of ether oxygens (including phenoxy) is 1. The summed E-state index contributed by atoms with van der Waals surface area (Å²) in [5, 5.41) is 0. The first-order valence-electron chi connectivity index (χ1n) is 6.10. The molecule has 0 fully saturated rings. The van der Waals surface area contributed by atoms with Gasteiger partial charge in [-0.2, -0.15) is 8.78 Å². The lowest BCUT2D eigenvalue weighted by atomic mass is 9.99. The number of alkyl halides is 2. The van der Waals surface area contributed by atoms with Crippen molar-refractivity contribution in [1.29, 1.82) is 0 Å². The molecule has 1 atom stereocenters. The Bertz CT molecular complexity index is 577. The Kier molecular flexibility index (Phi) is 5.09. The number of benzene rings is 2. The first-order valence-corrected chi connectivity index (χ1v) is 6.89. The van der Waals surface area contributed by atoms with Crippen molar-refractivity contribution in [1.82, 2.24) is 0 Å². The molecule has 0 aliphatic carbocycles. The summed E-state index contributed by atoms with van der Waals surface area (Å²) in [6.45, 7) is -2.85. The van der Waals surface area contributed by atoms with Gasteiger partial charge in [0.25, 0.3) is 0 Å². The smallest absolute Gasteiger partial charge is 0.387 e. The maximum absolute atomic E-state index is 12.4. The summed E-state index contributed by atoms with van der Waals surface area (Å²) in [6.07, 6.45) is 0.545. The molecule has 0 bridgehead atoms. The van der Waals surface area contributed by atoms with Crippen LogP contribution in [-0.4, -0.2) is 6.61 Å². The van der Waals surface area contributed by atoms with E-state index in [1.54, 1.807) is 18.2 Å². The molecular formula is C15H14BrF2NO. The lowest BCUT2D eigenvalue weighted by Gasteiger charge is -2.16. The van der Waals surface area contributed by atoms with Crippen LogP contribution in [0.25, 0.3) is 0 Å². The summed E-state index contributed by atoms with van der Waals surface area (Å²) in [5.41, 5.74) is 7.72.